The van der Waals surface area contributed by atoms with E-state index >= 15 is 0 Å². The molecule has 13 heavy (non-hydrogen) atoms. The minimum atomic E-state index is -0.317. The number of fused-ring (bicyclic) bond motifs is 1. The Hall–Kier alpha value is -1.89. The van der Waals surface area contributed by atoms with E-state index in [1.807, 2.05) is 6.07 Å². The Morgan fingerprint density at radius 1 is 1.54 bits per heavy atom. The van der Waals surface area contributed by atoms with Gasteiger partial charge in [0.1, 0.15) is 11.6 Å². The summed E-state index contributed by atoms with van der Waals surface area (Å²) < 4.78 is 12.7. The van der Waals surface area contributed by atoms with Gasteiger partial charge >= 0.3 is 0 Å². The molecule has 0 aliphatic carbocycles. The number of aromatic amines is 1. The maximum absolute atomic E-state index is 12.7. The van der Waals surface area contributed by atoms with Gasteiger partial charge in [-0.1, -0.05) is 0 Å². The predicted molar refractivity (Wildman–Crippen MR) is 45.4 cm³/mol. The molecule has 2 rings (SSSR count). The fraction of sp³-hybridized carbons (Fsp3) is 0.111. The van der Waals surface area contributed by atoms with Crippen LogP contribution in [0.5, 0.6) is 0 Å². The minimum Gasteiger partial charge on any atom is -0.341 e. The molecule has 0 saturated carbocycles. The molecule has 2 aromatic rings. The number of H-pyrrole nitrogens is 1. The van der Waals surface area contributed by atoms with Gasteiger partial charge in [0.15, 0.2) is 0 Å². The SMILES string of the molecule is N#CCc1nc2cc(F)ccc2[nH]1. The van der Waals surface area contributed by atoms with Crippen molar-refractivity contribution in [2.75, 3.05) is 0 Å². The number of aromatic nitrogens is 2. The summed E-state index contributed by atoms with van der Waals surface area (Å²) in [5.74, 6) is 0.255. The van der Waals surface area contributed by atoms with Gasteiger partial charge in [0.05, 0.1) is 23.5 Å². The van der Waals surface area contributed by atoms with Crippen LogP contribution in [0.15, 0.2) is 18.2 Å². The molecule has 1 aromatic heterocycles. The number of nitrogens with one attached hydrogen (secondary N) is 1. The number of imidazole rings is 1. The van der Waals surface area contributed by atoms with Crippen LogP contribution < -0.4 is 0 Å². The average Bonchev–Trinajstić information content (AvgIpc) is 2.46. The quantitative estimate of drug-likeness (QED) is 0.718. The molecule has 4 heteroatoms. The topological polar surface area (TPSA) is 52.5 Å². The fourth-order valence-electron chi connectivity index (χ4n) is 1.19. The lowest BCUT2D eigenvalue weighted by Crippen LogP contribution is -1.82. The number of nitrogens with zero attached hydrogens (tertiary/aromatic N) is 2. The van der Waals surface area contributed by atoms with Crippen LogP contribution >= 0.6 is 0 Å². The summed E-state index contributed by atoms with van der Waals surface area (Å²) in [5, 5.41) is 8.42. The van der Waals surface area contributed by atoms with E-state index in [4.69, 9.17) is 5.26 Å². The lowest BCUT2D eigenvalue weighted by molar-refractivity contribution is 0.629. The van der Waals surface area contributed by atoms with Crippen LogP contribution in [0.3, 0.4) is 0 Å². The van der Waals surface area contributed by atoms with E-state index in [1.165, 1.54) is 12.1 Å². The molecule has 0 unspecified atom stereocenters. The van der Waals surface area contributed by atoms with Gasteiger partial charge in [-0.05, 0) is 12.1 Å². The van der Waals surface area contributed by atoms with Crippen LogP contribution in [-0.2, 0) is 6.42 Å². The third-order valence-corrected chi connectivity index (χ3v) is 1.74. The van der Waals surface area contributed by atoms with Gasteiger partial charge in [0.2, 0.25) is 0 Å². The van der Waals surface area contributed by atoms with E-state index < -0.39 is 0 Å². The standard InChI is InChI=1S/C9H6FN3/c10-6-1-2-7-8(5-6)13-9(12-7)3-4-11/h1-2,5H,3H2,(H,12,13). The Morgan fingerprint density at radius 3 is 3.15 bits per heavy atom. The van der Waals surface area contributed by atoms with Gasteiger partial charge in [-0.15, -0.1) is 0 Å². The molecule has 0 aliphatic heterocycles. The highest BCUT2D eigenvalue weighted by molar-refractivity contribution is 5.74. The number of halogens is 1. The molecule has 0 amide bonds. The first-order chi connectivity index (χ1) is 6.29. The van der Waals surface area contributed by atoms with E-state index in [0.717, 1.165) is 5.52 Å². The van der Waals surface area contributed by atoms with Crippen LogP contribution in [0.1, 0.15) is 5.82 Å². The number of nitriles is 1. The zero-order valence-electron chi connectivity index (χ0n) is 6.71. The number of hydrogen-bond acceptors (Lipinski definition) is 2. The molecule has 64 valence electrons. The molecule has 0 radical (unpaired) electrons. The van der Waals surface area contributed by atoms with Crippen molar-refractivity contribution in [2.45, 2.75) is 6.42 Å². The molecule has 0 fully saturated rings. The Bertz CT molecular complexity index is 481. The lowest BCUT2D eigenvalue weighted by Gasteiger charge is -1.85. The van der Waals surface area contributed by atoms with Crippen molar-refractivity contribution in [3.8, 4) is 6.07 Å². The smallest absolute Gasteiger partial charge is 0.125 e. The first-order valence-corrected chi connectivity index (χ1v) is 3.80. The third-order valence-electron chi connectivity index (χ3n) is 1.74. The largest absolute Gasteiger partial charge is 0.341 e. The van der Waals surface area contributed by atoms with Crippen molar-refractivity contribution in [1.29, 1.82) is 5.26 Å². The van der Waals surface area contributed by atoms with Crippen LogP contribution in [0.2, 0.25) is 0 Å². The van der Waals surface area contributed by atoms with Crippen LogP contribution in [0.25, 0.3) is 11.0 Å². The molecule has 0 aliphatic rings. The maximum atomic E-state index is 12.7. The summed E-state index contributed by atoms with van der Waals surface area (Å²) in [6.45, 7) is 0. The molecule has 1 heterocycles. The van der Waals surface area contributed by atoms with E-state index in [9.17, 15) is 4.39 Å². The van der Waals surface area contributed by atoms with E-state index in [-0.39, 0.29) is 12.2 Å². The fourth-order valence-corrected chi connectivity index (χ4v) is 1.19. The maximum Gasteiger partial charge on any atom is 0.125 e. The molecule has 0 saturated heterocycles. The van der Waals surface area contributed by atoms with E-state index in [1.54, 1.807) is 6.07 Å². The lowest BCUT2D eigenvalue weighted by atomic mass is 10.3. The van der Waals surface area contributed by atoms with Gasteiger partial charge in [-0.25, -0.2) is 9.37 Å². The molecule has 0 spiro atoms. The number of rotatable bonds is 1. The van der Waals surface area contributed by atoms with Crippen molar-refractivity contribution in [2.24, 2.45) is 0 Å². The van der Waals surface area contributed by atoms with Gasteiger partial charge in [-0.2, -0.15) is 5.26 Å². The zero-order valence-corrected chi connectivity index (χ0v) is 6.71. The summed E-state index contributed by atoms with van der Waals surface area (Å²) in [6, 6.07) is 6.28. The van der Waals surface area contributed by atoms with Crippen molar-refractivity contribution in [1.82, 2.24) is 9.97 Å². The second-order valence-electron chi connectivity index (χ2n) is 2.68. The molecular formula is C9H6FN3. The first-order valence-electron chi connectivity index (χ1n) is 3.80. The molecule has 0 atom stereocenters. The summed E-state index contributed by atoms with van der Waals surface area (Å²) in [5.41, 5.74) is 1.32. The highest BCUT2D eigenvalue weighted by Crippen LogP contribution is 2.12. The van der Waals surface area contributed by atoms with Crippen LogP contribution in [-0.4, -0.2) is 9.97 Å². The second-order valence-corrected chi connectivity index (χ2v) is 2.68. The Morgan fingerprint density at radius 2 is 2.38 bits per heavy atom. The van der Waals surface area contributed by atoms with Crippen molar-refractivity contribution >= 4 is 11.0 Å². The van der Waals surface area contributed by atoms with Gasteiger partial charge < -0.3 is 4.98 Å². The zero-order chi connectivity index (χ0) is 9.26. The predicted octanol–water partition coefficient (Wildman–Crippen LogP) is 1.77. The molecular weight excluding hydrogens is 169 g/mol. The molecule has 1 N–H and O–H groups in total. The monoisotopic (exact) mass is 175 g/mol. The van der Waals surface area contributed by atoms with Gasteiger partial charge in [-0.3, -0.25) is 0 Å². The normalized spacial score (nSPS) is 10.2. The average molecular weight is 175 g/mol. The number of hydrogen-bond donors (Lipinski definition) is 1. The molecule has 3 nitrogen and oxygen atoms in total. The van der Waals surface area contributed by atoms with Crippen LogP contribution in [0, 0.1) is 17.1 Å². The Labute approximate surface area is 73.8 Å². The molecule has 0 bridgehead atoms. The van der Waals surface area contributed by atoms with Gasteiger partial charge in [0, 0.05) is 6.07 Å². The molecule has 1 aromatic carbocycles. The number of benzene rings is 1. The summed E-state index contributed by atoms with van der Waals surface area (Å²) in [6.07, 6.45) is 0.219. The minimum absolute atomic E-state index is 0.219. The van der Waals surface area contributed by atoms with Crippen LogP contribution in [0.4, 0.5) is 4.39 Å². The van der Waals surface area contributed by atoms with Crippen molar-refractivity contribution in [3.63, 3.8) is 0 Å². The third kappa shape index (κ3) is 1.36. The van der Waals surface area contributed by atoms with Crippen molar-refractivity contribution in [3.05, 3.63) is 29.8 Å². The Balaban J connectivity index is 2.57. The Kier molecular flexibility index (Phi) is 1.71. The summed E-state index contributed by atoms with van der Waals surface area (Å²) in [7, 11) is 0. The summed E-state index contributed by atoms with van der Waals surface area (Å²) in [4.78, 5) is 6.97. The van der Waals surface area contributed by atoms with Crippen molar-refractivity contribution < 1.29 is 4.39 Å². The van der Waals surface area contributed by atoms with E-state index in [2.05, 4.69) is 9.97 Å². The highest BCUT2D eigenvalue weighted by atomic mass is 19.1. The first kappa shape index (κ1) is 7.74. The highest BCUT2D eigenvalue weighted by Gasteiger charge is 2.02. The van der Waals surface area contributed by atoms with Gasteiger partial charge in [0.25, 0.3) is 0 Å². The van der Waals surface area contributed by atoms with E-state index in [0.29, 0.717) is 11.3 Å². The second kappa shape index (κ2) is 2.87. The summed E-state index contributed by atoms with van der Waals surface area (Å²) >= 11 is 0.